The number of hydrogen-bond donors (Lipinski definition) is 0. The Kier molecular flexibility index (Phi) is 3.46. The van der Waals surface area contributed by atoms with Crippen molar-refractivity contribution in [3.63, 3.8) is 0 Å². The van der Waals surface area contributed by atoms with Crippen molar-refractivity contribution in [1.82, 2.24) is 4.98 Å². The summed E-state index contributed by atoms with van der Waals surface area (Å²) < 4.78 is 1.13. The molecule has 8 rings (SSSR count). The van der Waals surface area contributed by atoms with Gasteiger partial charge in [0.1, 0.15) is 0 Å². The van der Waals surface area contributed by atoms with Crippen molar-refractivity contribution in [3.05, 3.63) is 52.1 Å². The van der Waals surface area contributed by atoms with E-state index in [2.05, 4.69) is 46.4 Å². The van der Waals surface area contributed by atoms with Gasteiger partial charge in [-0.05, 0) is 71.4 Å². The zero-order valence-corrected chi connectivity index (χ0v) is 17.2. The first-order valence-corrected chi connectivity index (χ1v) is 9.52. The first kappa shape index (κ1) is 15.5. The zero-order valence-electron chi connectivity index (χ0n) is 13.2. The molecule has 4 unspecified atom stereocenters. The normalized spacial score (nSPS) is 29.7. The van der Waals surface area contributed by atoms with Gasteiger partial charge in [0, 0.05) is 26.3 Å². The molecule has 0 saturated heterocycles. The molecule has 0 spiro atoms. The first-order chi connectivity index (χ1) is 11.3. The molecule has 3 heteroatoms. The molecule has 24 heavy (non-hydrogen) atoms. The molecule has 1 radical (unpaired) electrons. The fourth-order valence-electron chi connectivity index (χ4n) is 5.81. The second-order valence-corrected chi connectivity index (χ2v) is 8.47. The van der Waals surface area contributed by atoms with Crippen molar-refractivity contribution in [1.29, 1.82) is 0 Å². The van der Waals surface area contributed by atoms with Crippen LogP contribution < -0.4 is 0 Å². The molecule has 0 N–H and O–H groups in total. The van der Waals surface area contributed by atoms with Crippen molar-refractivity contribution < 1.29 is 20.1 Å². The number of pyridine rings is 1. The smallest absolute Gasteiger partial charge is 0.0199 e. The number of benzene rings is 2. The Balaban J connectivity index is 0.00000131. The van der Waals surface area contributed by atoms with Crippen LogP contribution in [-0.4, -0.2) is 4.98 Å². The minimum atomic E-state index is 0. The number of halogens is 1. The van der Waals surface area contributed by atoms with E-state index < -0.39 is 0 Å². The monoisotopic (exact) mass is 555 g/mol. The maximum atomic E-state index is 4.91. The van der Waals surface area contributed by atoms with Crippen LogP contribution in [-0.2, 0) is 20.1 Å². The summed E-state index contributed by atoms with van der Waals surface area (Å²) in [7, 11) is 0. The largest absolute Gasteiger partial charge is 0.304 e. The van der Waals surface area contributed by atoms with Crippen molar-refractivity contribution in [2.45, 2.75) is 37.5 Å². The fourth-order valence-corrected chi connectivity index (χ4v) is 6.27. The van der Waals surface area contributed by atoms with Crippen LogP contribution in [0, 0.1) is 17.9 Å². The molecule has 3 fully saturated rings. The Hall–Kier alpha value is -0.761. The molecular formula is C21H17BrIrN-. The third-order valence-electron chi connectivity index (χ3n) is 6.76. The summed E-state index contributed by atoms with van der Waals surface area (Å²) >= 11 is 3.67. The Bertz CT molecular complexity index is 982. The third kappa shape index (κ3) is 1.87. The molecule has 5 aliphatic carbocycles. The number of rotatable bonds is 0. The molecule has 1 aromatic heterocycles. The maximum absolute atomic E-state index is 4.91. The van der Waals surface area contributed by atoms with E-state index in [-0.39, 0.29) is 20.1 Å². The molecule has 123 valence electrons. The molecular weight excluding hydrogens is 538 g/mol. The number of aromatic nitrogens is 1. The van der Waals surface area contributed by atoms with Gasteiger partial charge >= 0.3 is 0 Å². The Morgan fingerprint density at radius 1 is 1.00 bits per heavy atom. The van der Waals surface area contributed by atoms with Gasteiger partial charge in [0.2, 0.25) is 0 Å². The Labute approximate surface area is 163 Å². The minimum absolute atomic E-state index is 0. The Morgan fingerprint density at radius 3 is 2.54 bits per heavy atom. The average molecular weight is 555 g/mol. The van der Waals surface area contributed by atoms with Gasteiger partial charge in [-0.2, -0.15) is 0 Å². The second-order valence-electron chi connectivity index (χ2n) is 7.62. The number of hydrogen-bond acceptors (Lipinski definition) is 1. The second kappa shape index (κ2) is 5.37. The molecule has 1 nitrogen and oxygen atoms in total. The molecule has 3 aromatic rings. The molecule has 3 saturated carbocycles. The summed E-state index contributed by atoms with van der Waals surface area (Å²) in [6, 6.07) is 12.1. The number of fused-ring (bicyclic) bond motifs is 4. The number of nitrogens with zero attached hydrogens (tertiary/aromatic N) is 1. The summed E-state index contributed by atoms with van der Waals surface area (Å²) in [5.41, 5.74) is 4.36. The first-order valence-electron chi connectivity index (χ1n) is 8.72. The van der Waals surface area contributed by atoms with E-state index >= 15 is 0 Å². The van der Waals surface area contributed by atoms with Gasteiger partial charge in [-0.3, -0.25) is 0 Å². The topological polar surface area (TPSA) is 12.9 Å². The molecule has 4 atom stereocenters. The van der Waals surface area contributed by atoms with Gasteiger partial charge in [-0.15, -0.1) is 23.6 Å². The molecule has 5 aliphatic rings. The van der Waals surface area contributed by atoms with E-state index in [1.807, 2.05) is 6.07 Å². The van der Waals surface area contributed by atoms with Gasteiger partial charge in [0.25, 0.3) is 0 Å². The Morgan fingerprint density at radius 2 is 1.75 bits per heavy atom. The van der Waals surface area contributed by atoms with Gasteiger partial charge in [0.15, 0.2) is 0 Å². The predicted molar refractivity (Wildman–Crippen MR) is 96.7 cm³/mol. The van der Waals surface area contributed by atoms with Crippen molar-refractivity contribution in [3.8, 4) is 0 Å². The molecule has 2 aromatic carbocycles. The van der Waals surface area contributed by atoms with Crippen LogP contribution in [0.1, 0.15) is 48.6 Å². The fraction of sp³-hybridized carbons (Fsp3) is 0.381. The van der Waals surface area contributed by atoms with E-state index in [0.29, 0.717) is 0 Å². The van der Waals surface area contributed by atoms with Gasteiger partial charge < -0.3 is 4.98 Å². The zero-order chi connectivity index (χ0) is 15.1. The quantitative estimate of drug-likeness (QED) is 0.247. The van der Waals surface area contributed by atoms with Crippen LogP contribution >= 0.6 is 15.9 Å². The van der Waals surface area contributed by atoms with Crippen molar-refractivity contribution in [2.75, 3.05) is 0 Å². The predicted octanol–water partition coefficient (Wildman–Crippen LogP) is 5.95. The summed E-state index contributed by atoms with van der Waals surface area (Å²) in [6.45, 7) is 0. The van der Waals surface area contributed by atoms with E-state index in [9.17, 15) is 0 Å². The summed E-state index contributed by atoms with van der Waals surface area (Å²) in [5.74, 6) is 3.42. The minimum Gasteiger partial charge on any atom is -0.304 e. The molecule has 4 bridgehead atoms. The van der Waals surface area contributed by atoms with E-state index in [0.717, 1.165) is 39.0 Å². The van der Waals surface area contributed by atoms with Crippen molar-refractivity contribution >= 4 is 37.6 Å². The van der Waals surface area contributed by atoms with Gasteiger partial charge in [-0.1, -0.05) is 37.9 Å². The third-order valence-corrected chi connectivity index (χ3v) is 7.45. The van der Waals surface area contributed by atoms with Crippen LogP contribution in [0.25, 0.3) is 21.7 Å². The summed E-state index contributed by atoms with van der Waals surface area (Å²) in [5, 5.41) is 3.77. The van der Waals surface area contributed by atoms with Gasteiger partial charge in [0.05, 0.1) is 0 Å². The van der Waals surface area contributed by atoms with Crippen LogP contribution in [0.3, 0.4) is 0 Å². The van der Waals surface area contributed by atoms with E-state index in [1.165, 1.54) is 36.5 Å². The van der Waals surface area contributed by atoms with Gasteiger partial charge in [-0.25, -0.2) is 0 Å². The van der Waals surface area contributed by atoms with Crippen LogP contribution in [0.4, 0.5) is 0 Å². The van der Waals surface area contributed by atoms with Crippen LogP contribution in [0.2, 0.25) is 0 Å². The van der Waals surface area contributed by atoms with Crippen molar-refractivity contribution in [2.24, 2.45) is 11.8 Å². The van der Waals surface area contributed by atoms with E-state index in [1.54, 1.807) is 11.1 Å². The standard InChI is InChI=1S/C21H17BrN.Ir/c22-19-3-1-2-14-13(19)6-7-15-20-17-9-11-4-5-12(17)8-16(11)18(20)10-23-21(14)15;/h1,3,6-7,10-12,16-17H,4-5,8-9H2;/q-1;. The maximum Gasteiger partial charge on any atom is 0.0199 e. The summed E-state index contributed by atoms with van der Waals surface area (Å²) in [6.07, 6.45) is 7.93. The van der Waals surface area contributed by atoms with Crippen LogP contribution in [0.15, 0.2) is 34.9 Å². The van der Waals surface area contributed by atoms with E-state index in [4.69, 9.17) is 4.98 Å². The average Bonchev–Trinajstić information content (AvgIpc) is 2.61. The molecule has 0 aliphatic heterocycles. The molecule has 1 heterocycles. The SMILES string of the molecule is Brc1cc[c-]c2c1ccc1c3c(cnc12)C1CC2CCC1CC32.[Ir]. The molecule has 0 amide bonds. The van der Waals surface area contributed by atoms with Crippen LogP contribution in [0.5, 0.6) is 0 Å². The summed E-state index contributed by atoms with van der Waals surface area (Å²) in [4.78, 5) is 4.91.